The summed E-state index contributed by atoms with van der Waals surface area (Å²) in [5, 5.41) is 17.8. The quantitative estimate of drug-likeness (QED) is 0.501. The van der Waals surface area contributed by atoms with Crippen molar-refractivity contribution >= 4 is 51.6 Å². The molecule has 0 radical (unpaired) electrons. The van der Waals surface area contributed by atoms with Gasteiger partial charge in [0.15, 0.2) is 10.8 Å². The lowest BCUT2D eigenvalue weighted by Crippen LogP contribution is -2.49. The van der Waals surface area contributed by atoms with E-state index in [1.165, 1.54) is 16.7 Å². The number of nitrogens with one attached hydrogen (secondary N) is 2. The third-order valence-corrected chi connectivity index (χ3v) is 7.54. The van der Waals surface area contributed by atoms with Gasteiger partial charge in [-0.1, -0.05) is 38.2 Å². The zero-order valence-electron chi connectivity index (χ0n) is 17.3. The first-order valence-electron chi connectivity index (χ1n) is 10.6. The number of carbonyl (C=O) groups excluding carboxylic acids is 3. The minimum atomic E-state index is -1.19. The number of aromatic carboxylic acids is 1. The molecule has 11 heteroatoms. The van der Waals surface area contributed by atoms with Crippen LogP contribution in [0.5, 0.6) is 0 Å². The molecular formula is C21H24N4O5S2. The normalized spacial score (nSPS) is 20.2. The van der Waals surface area contributed by atoms with Crippen LogP contribution in [0, 0.1) is 5.92 Å². The zero-order chi connectivity index (χ0) is 22.7. The van der Waals surface area contributed by atoms with Gasteiger partial charge in [0.1, 0.15) is 12.1 Å². The topological polar surface area (TPSA) is 129 Å². The van der Waals surface area contributed by atoms with Crippen molar-refractivity contribution in [3.05, 3.63) is 33.5 Å². The highest BCUT2D eigenvalue weighted by Crippen LogP contribution is 2.31. The molecule has 0 unspecified atom stereocenters. The Labute approximate surface area is 192 Å². The fourth-order valence-electron chi connectivity index (χ4n) is 4.30. The maximum atomic E-state index is 13.2. The van der Waals surface area contributed by atoms with Crippen molar-refractivity contribution in [3.63, 3.8) is 0 Å². The molecule has 2 fully saturated rings. The number of hydrogen-bond donors (Lipinski definition) is 3. The summed E-state index contributed by atoms with van der Waals surface area (Å²) < 4.78 is 0. The number of carboxylic acids is 1. The summed E-state index contributed by atoms with van der Waals surface area (Å²) in [5.74, 6) is -1.89. The second-order valence-electron chi connectivity index (χ2n) is 8.08. The number of carbonyl (C=O) groups is 4. The molecule has 3 N–H and O–H groups in total. The Hall–Kier alpha value is -2.79. The molecule has 2 aliphatic rings. The van der Waals surface area contributed by atoms with E-state index in [0.29, 0.717) is 12.8 Å². The Morgan fingerprint density at radius 2 is 2.03 bits per heavy atom. The van der Waals surface area contributed by atoms with Crippen LogP contribution in [0.25, 0.3) is 0 Å². The smallest absolute Gasteiger partial charge is 0.355 e. The molecule has 0 bridgehead atoms. The average molecular weight is 477 g/mol. The van der Waals surface area contributed by atoms with Crippen molar-refractivity contribution in [1.29, 1.82) is 0 Å². The van der Waals surface area contributed by atoms with Crippen LogP contribution in [-0.4, -0.2) is 50.9 Å². The molecule has 1 saturated heterocycles. The molecule has 0 spiro atoms. The Morgan fingerprint density at radius 1 is 1.25 bits per heavy atom. The van der Waals surface area contributed by atoms with Crippen molar-refractivity contribution in [2.45, 2.75) is 57.0 Å². The molecule has 2 atom stereocenters. The van der Waals surface area contributed by atoms with E-state index in [1.807, 2.05) is 17.5 Å². The molecule has 9 nitrogen and oxygen atoms in total. The fourth-order valence-corrected chi connectivity index (χ4v) is 5.74. The van der Waals surface area contributed by atoms with Gasteiger partial charge in [0.25, 0.3) is 5.91 Å². The summed E-state index contributed by atoms with van der Waals surface area (Å²) in [5.41, 5.74) is -0.167. The lowest BCUT2D eigenvalue weighted by atomic mass is 9.84. The Kier molecular flexibility index (Phi) is 6.85. The van der Waals surface area contributed by atoms with Gasteiger partial charge in [-0.05, 0) is 23.8 Å². The number of aromatic nitrogens is 1. The molecule has 1 aliphatic carbocycles. The lowest BCUT2D eigenvalue weighted by Gasteiger charge is -2.30. The summed E-state index contributed by atoms with van der Waals surface area (Å²) in [4.78, 5) is 56.1. The molecule has 1 saturated carbocycles. The van der Waals surface area contributed by atoms with E-state index in [2.05, 4.69) is 15.6 Å². The van der Waals surface area contributed by atoms with Gasteiger partial charge in [0, 0.05) is 16.7 Å². The predicted octanol–water partition coefficient (Wildman–Crippen LogP) is 3.34. The van der Waals surface area contributed by atoms with Crippen molar-refractivity contribution < 1.29 is 24.3 Å². The van der Waals surface area contributed by atoms with Crippen LogP contribution in [0.1, 0.15) is 53.9 Å². The van der Waals surface area contributed by atoms with Crippen LogP contribution >= 0.6 is 22.7 Å². The second-order valence-corrected chi connectivity index (χ2v) is 9.97. The van der Waals surface area contributed by atoms with E-state index in [4.69, 9.17) is 5.11 Å². The molecule has 32 heavy (non-hydrogen) atoms. The minimum Gasteiger partial charge on any atom is -0.476 e. The number of amides is 4. The molecule has 0 aromatic carbocycles. The van der Waals surface area contributed by atoms with Gasteiger partial charge in [-0.25, -0.2) is 19.5 Å². The number of hydrogen-bond acceptors (Lipinski definition) is 7. The molecule has 4 amide bonds. The van der Waals surface area contributed by atoms with Gasteiger partial charge < -0.3 is 15.7 Å². The van der Waals surface area contributed by atoms with Crippen molar-refractivity contribution in [2.75, 3.05) is 5.32 Å². The maximum absolute atomic E-state index is 13.2. The summed E-state index contributed by atoms with van der Waals surface area (Å²) in [7, 11) is 0. The number of thiophene rings is 1. The highest BCUT2D eigenvalue weighted by Gasteiger charge is 2.45. The first-order chi connectivity index (χ1) is 15.4. The lowest BCUT2D eigenvalue weighted by molar-refractivity contribution is -0.134. The van der Waals surface area contributed by atoms with E-state index in [0.717, 1.165) is 53.2 Å². The summed E-state index contributed by atoms with van der Waals surface area (Å²) in [6.07, 6.45) is 5.94. The molecule has 1 aliphatic heterocycles. The van der Waals surface area contributed by atoms with Crippen LogP contribution in [0.15, 0.2) is 22.9 Å². The predicted molar refractivity (Wildman–Crippen MR) is 120 cm³/mol. The summed E-state index contributed by atoms with van der Waals surface area (Å²) >= 11 is 2.50. The van der Waals surface area contributed by atoms with Crippen molar-refractivity contribution in [1.82, 2.24) is 15.2 Å². The van der Waals surface area contributed by atoms with E-state index < -0.39 is 35.9 Å². The number of anilines is 1. The third-order valence-electron chi connectivity index (χ3n) is 5.89. The monoisotopic (exact) mass is 476 g/mol. The van der Waals surface area contributed by atoms with Crippen molar-refractivity contribution in [3.8, 4) is 0 Å². The summed E-state index contributed by atoms with van der Waals surface area (Å²) in [6.45, 7) is 0. The van der Waals surface area contributed by atoms with E-state index in [1.54, 1.807) is 0 Å². The van der Waals surface area contributed by atoms with Gasteiger partial charge in [-0.15, -0.1) is 22.7 Å². The van der Waals surface area contributed by atoms with Gasteiger partial charge >= 0.3 is 12.0 Å². The standard InChI is InChI=1S/C21H24N4O5S2/c26-17(24-20-22-15(11-32-20)19(28)29)16(9-12-5-2-1-3-6-12)25-18(27)14(23-21(25)30)10-13-7-4-8-31-13/h4,7-8,11-12,14,16H,1-3,5-6,9-10H2,(H,23,30)(H,28,29)(H,22,24,26)/t14-,16-/m0/s1. The SMILES string of the molecule is O=C(O)c1csc(NC(=O)[C@H](CC2CCCCC2)N2C(=O)N[C@@H](Cc3cccs3)C2=O)n1. The molecule has 4 rings (SSSR count). The number of nitrogens with zero attached hydrogens (tertiary/aromatic N) is 2. The Balaban J connectivity index is 1.53. The average Bonchev–Trinajstić information content (AvgIpc) is 3.50. The number of carboxylic acid groups (broad SMARTS) is 1. The highest BCUT2D eigenvalue weighted by molar-refractivity contribution is 7.14. The number of rotatable bonds is 8. The van der Waals surface area contributed by atoms with Crippen LogP contribution in [0.3, 0.4) is 0 Å². The third kappa shape index (κ3) is 4.99. The first kappa shape index (κ1) is 22.4. The highest BCUT2D eigenvalue weighted by atomic mass is 32.1. The van der Waals surface area contributed by atoms with Crippen LogP contribution in [0.2, 0.25) is 0 Å². The van der Waals surface area contributed by atoms with Gasteiger partial charge in [0.05, 0.1) is 0 Å². The number of thiazole rings is 1. The molecule has 170 valence electrons. The number of imide groups is 1. The maximum Gasteiger partial charge on any atom is 0.355 e. The molecular weight excluding hydrogens is 452 g/mol. The fraction of sp³-hybridized carbons (Fsp3) is 0.476. The van der Waals surface area contributed by atoms with Gasteiger partial charge in [0.2, 0.25) is 5.91 Å². The second kappa shape index (κ2) is 9.78. The van der Waals surface area contributed by atoms with Crippen LogP contribution < -0.4 is 10.6 Å². The van der Waals surface area contributed by atoms with E-state index in [-0.39, 0.29) is 16.7 Å². The molecule has 2 aromatic heterocycles. The molecule has 2 aromatic rings. The Bertz CT molecular complexity index is 1000. The summed E-state index contributed by atoms with van der Waals surface area (Å²) in [6, 6.07) is 1.54. The van der Waals surface area contributed by atoms with E-state index in [9.17, 15) is 19.2 Å². The minimum absolute atomic E-state index is 0.128. The van der Waals surface area contributed by atoms with Gasteiger partial charge in [-0.3, -0.25) is 9.59 Å². The first-order valence-corrected chi connectivity index (χ1v) is 12.3. The molecule has 3 heterocycles. The Morgan fingerprint density at radius 3 is 2.69 bits per heavy atom. The van der Waals surface area contributed by atoms with Gasteiger partial charge in [-0.2, -0.15) is 0 Å². The zero-order valence-corrected chi connectivity index (χ0v) is 18.9. The number of urea groups is 1. The largest absolute Gasteiger partial charge is 0.476 e. The van der Waals surface area contributed by atoms with Crippen molar-refractivity contribution in [2.24, 2.45) is 5.92 Å². The van der Waals surface area contributed by atoms with E-state index >= 15 is 0 Å². The van der Waals surface area contributed by atoms with Crippen LogP contribution in [0.4, 0.5) is 9.93 Å². The van der Waals surface area contributed by atoms with Crippen LogP contribution in [-0.2, 0) is 16.0 Å².